The van der Waals surface area contributed by atoms with Gasteiger partial charge in [-0.15, -0.1) is 0 Å². The van der Waals surface area contributed by atoms with E-state index >= 15 is 0 Å². The molecule has 2 nitrogen and oxygen atoms in total. The summed E-state index contributed by atoms with van der Waals surface area (Å²) >= 11 is 0. The van der Waals surface area contributed by atoms with Crippen LogP contribution in [0.2, 0.25) is 0 Å². The standard InChI is InChI=1S/C25H27NO/c1-21(13-12-20-27)26(2)25(22-14-6-3-7-15-22,23-16-8-4-9-17-23)24-18-10-5-11-19-24/h3-11,14-21H,12-13H2,1-2H3. The van der Waals surface area contributed by atoms with Crippen LogP contribution in [0.25, 0.3) is 0 Å². The van der Waals surface area contributed by atoms with Crippen molar-refractivity contribution in [1.82, 2.24) is 4.90 Å². The van der Waals surface area contributed by atoms with Crippen LogP contribution in [0.1, 0.15) is 36.5 Å². The van der Waals surface area contributed by atoms with Gasteiger partial charge in [-0.2, -0.15) is 0 Å². The third kappa shape index (κ3) is 3.72. The maximum absolute atomic E-state index is 11.0. The van der Waals surface area contributed by atoms with Crippen molar-refractivity contribution in [2.75, 3.05) is 7.05 Å². The third-order valence-electron chi connectivity index (χ3n) is 5.47. The molecule has 0 saturated carbocycles. The Kier molecular flexibility index (Phi) is 6.20. The second-order valence-corrected chi connectivity index (χ2v) is 7.01. The number of nitrogens with zero attached hydrogens (tertiary/aromatic N) is 1. The number of hydrogen-bond donors (Lipinski definition) is 0. The summed E-state index contributed by atoms with van der Waals surface area (Å²) in [5.74, 6) is 0. The molecule has 0 radical (unpaired) electrons. The topological polar surface area (TPSA) is 20.3 Å². The van der Waals surface area contributed by atoms with Crippen molar-refractivity contribution in [3.05, 3.63) is 108 Å². The van der Waals surface area contributed by atoms with E-state index in [-0.39, 0.29) is 6.04 Å². The van der Waals surface area contributed by atoms with Crippen molar-refractivity contribution < 1.29 is 4.79 Å². The van der Waals surface area contributed by atoms with Gasteiger partial charge >= 0.3 is 0 Å². The maximum Gasteiger partial charge on any atom is 0.120 e. The highest BCUT2D eigenvalue weighted by molar-refractivity contribution is 5.50. The lowest BCUT2D eigenvalue weighted by Gasteiger charge is -2.46. The number of rotatable bonds is 8. The minimum atomic E-state index is -0.425. The summed E-state index contributed by atoms with van der Waals surface area (Å²) in [6, 6.07) is 32.2. The minimum absolute atomic E-state index is 0.232. The van der Waals surface area contributed by atoms with E-state index in [1.165, 1.54) is 16.7 Å². The van der Waals surface area contributed by atoms with Gasteiger partial charge in [0.05, 0.1) is 5.54 Å². The van der Waals surface area contributed by atoms with E-state index in [1.807, 2.05) is 0 Å². The zero-order valence-electron chi connectivity index (χ0n) is 16.1. The number of hydrogen-bond acceptors (Lipinski definition) is 2. The lowest BCUT2D eigenvalue weighted by molar-refractivity contribution is -0.108. The van der Waals surface area contributed by atoms with Crippen LogP contribution < -0.4 is 0 Å². The quantitative estimate of drug-likeness (QED) is 0.404. The molecule has 0 aliphatic rings. The molecule has 1 unspecified atom stereocenters. The molecule has 2 heteroatoms. The molecule has 138 valence electrons. The molecule has 0 heterocycles. The third-order valence-corrected chi connectivity index (χ3v) is 5.47. The van der Waals surface area contributed by atoms with Gasteiger partial charge in [0.25, 0.3) is 0 Å². The van der Waals surface area contributed by atoms with Gasteiger partial charge in [-0.3, -0.25) is 4.90 Å². The van der Waals surface area contributed by atoms with Gasteiger partial charge in [0.1, 0.15) is 6.29 Å². The van der Waals surface area contributed by atoms with Crippen LogP contribution in [0.15, 0.2) is 91.0 Å². The Morgan fingerprint density at radius 2 is 1.15 bits per heavy atom. The molecule has 0 amide bonds. The number of aldehydes is 1. The Balaban J connectivity index is 2.27. The van der Waals surface area contributed by atoms with E-state index in [0.717, 1.165) is 12.7 Å². The van der Waals surface area contributed by atoms with Gasteiger partial charge in [0.2, 0.25) is 0 Å². The summed E-state index contributed by atoms with van der Waals surface area (Å²) in [6.07, 6.45) is 2.41. The smallest absolute Gasteiger partial charge is 0.120 e. The first-order valence-electron chi connectivity index (χ1n) is 9.54. The van der Waals surface area contributed by atoms with Gasteiger partial charge in [-0.05, 0) is 37.1 Å². The van der Waals surface area contributed by atoms with Gasteiger partial charge in [0.15, 0.2) is 0 Å². The van der Waals surface area contributed by atoms with E-state index in [2.05, 4.69) is 110 Å². The fourth-order valence-electron chi connectivity index (χ4n) is 3.98. The summed E-state index contributed by atoms with van der Waals surface area (Å²) in [4.78, 5) is 13.4. The SMILES string of the molecule is CC(CCC=O)N(C)C(c1ccccc1)(c1ccccc1)c1ccccc1. The molecular formula is C25H27NO. The molecule has 0 saturated heterocycles. The van der Waals surface area contributed by atoms with Crippen molar-refractivity contribution in [2.24, 2.45) is 0 Å². The first-order valence-corrected chi connectivity index (χ1v) is 9.54. The molecule has 0 aliphatic carbocycles. The van der Waals surface area contributed by atoms with Gasteiger partial charge in [-0.25, -0.2) is 0 Å². The molecular weight excluding hydrogens is 330 g/mol. The highest BCUT2D eigenvalue weighted by Crippen LogP contribution is 2.42. The Hall–Kier alpha value is -2.71. The Morgan fingerprint density at radius 1 is 0.778 bits per heavy atom. The van der Waals surface area contributed by atoms with Crippen LogP contribution in [-0.4, -0.2) is 24.3 Å². The molecule has 0 fully saturated rings. The fraction of sp³-hybridized carbons (Fsp3) is 0.240. The summed E-state index contributed by atoms with van der Waals surface area (Å²) in [6.45, 7) is 2.20. The molecule has 0 N–H and O–H groups in total. The van der Waals surface area contributed by atoms with E-state index in [0.29, 0.717) is 6.42 Å². The van der Waals surface area contributed by atoms with Crippen molar-refractivity contribution in [3.8, 4) is 0 Å². The molecule has 3 rings (SSSR count). The van der Waals surface area contributed by atoms with Gasteiger partial charge in [0, 0.05) is 12.5 Å². The normalized spacial score (nSPS) is 12.7. The highest BCUT2D eigenvalue weighted by Gasteiger charge is 2.41. The minimum Gasteiger partial charge on any atom is -0.303 e. The first-order chi connectivity index (χ1) is 13.2. The lowest BCUT2D eigenvalue weighted by Crippen LogP contribution is -2.50. The zero-order valence-corrected chi connectivity index (χ0v) is 16.1. The van der Waals surface area contributed by atoms with Gasteiger partial charge < -0.3 is 4.79 Å². The summed E-state index contributed by atoms with van der Waals surface area (Å²) < 4.78 is 0. The largest absolute Gasteiger partial charge is 0.303 e. The molecule has 0 aliphatic heterocycles. The molecule has 0 aromatic heterocycles. The average Bonchev–Trinajstić information content (AvgIpc) is 2.75. The van der Waals surface area contributed by atoms with Crippen molar-refractivity contribution in [3.63, 3.8) is 0 Å². The van der Waals surface area contributed by atoms with E-state index in [4.69, 9.17) is 0 Å². The summed E-state index contributed by atoms with van der Waals surface area (Å²) in [5, 5.41) is 0. The van der Waals surface area contributed by atoms with Crippen LogP contribution >= 0.6 is 0 Å². The van der Waals surface area contributed by atoms with Crippen molar-refractivity contribution in [2.45, 2.75) is 31.3 Å². The molecule has 1 atom stereocenters. The molecule has 27 heavy (non-hydrogen) atoms. The van der Waals surface area contributed by atoms with E-state index in [1.54, 1.807) is 0 Å². The molecule has 3 aromatic rings. The predicted molar refractivity (Wildman–Crippen MR) is 112 cm³/mol. The molecule has 0 bridgehead atoms. The number of carbonyl (C=O) groups is 1. The second-order valence-electron chi connectivity index (χ2n) is 7.01. The van der Waals surface area contributed by atoms with Crippen LogP contribution in [0.5, 0.6) is 0 Å². The summed E-state index contributed by atoms with van der Waals surface area (Å²) in [5.41, 5.74) is 3.25. The number of carbonyl (C=O) groups excluding carboxylic acids is 1. The van der Waals surface area contributed by atoms with Crippen LogP contribution in [0.4, 0.5) is 0 Å². The Morgan fingerprint density at radius 3 is 1.48 bits per heavy atom. The fourth-order valence-corrected chi connectivity index (χ4v) is 3.98. The van der Waals surface area contributed by atoms with Crippen LogP contribution in [0.3, 0.4) is 0 Å². The maximum atomic E-state index is 11.0. The molecule has 0 spiro atoms. The van der Waals surface area contributed by atoms with E-state index in [9.17, 15) is 4.79 Å². The van der Waals surface area contributed by atoms with Crippen molar-refractivity contribution >= 4 is 6.29 Å². The van der Waals surface area contributed by atoms with Crippen LogP contribution in [-0.2, 0) is 10.3 Å². The van der Waals surface area contributed by atoms with Crippen molar-refractivity contribution in [1.29, 1.82) is 0 Å². The predicted octanol–water partition coefficient (Wildman–Crippen LogP) is 5.28. The zero-order chi connectivity index (χ0) is 19.1. The Bertz CT molecular complexity index is 733. The number of benzene rings is 3. The highest BCUT2D eigenvalue weighted by atomic mass is 16.1. The lowest BCUT2D eigenvalue weighted by atomic mass is 9.75. The molecule has 3 aromatic carbocycles. The first kappa shape index (κ1) is 19.1. The second kappa shape index (κ2) is 8.79. The van der Waals surface area contributed by atoms with E-state index < -0.39 is 5.54 Å². The average molecular weight is 357 g/mol. The summed E-state index contributed by atoms with van der Waals surface area (Å²) in [7, 11) is 2.17. The monoisotopic (exact) mass is 357 g/mol. The van der Waals surface area contributed by atoms with Crippen LogP contribution in [0, 0.1) is 0 Å². The van der Waals surface area contributed by atoms with Gasteiger partial charge in [-0.1, -0.05) is 91.0 Å². The Labute approximate surface area is 162 Å².